The van der Waals surface area contributed by atoms with Gasteiger partial charge in [0.2, 0.25) is 0 Å². The molecule has 0 heterocycles. The van der Waals surface area contributed by atoms with Crippen molar-refractivity contribution < 1.29 is 0 Å². The van der Waals surface area contributed by atoms with Crippen LogP contribution >= 0.6 is 35.4 Å². The lowest BCUT2D eigenvalue weighted by Gasteiger charge is -2.39. The molecule has 0 aromatic rings. The molecule has 28 heavy (non-hydrogen) atoms. The maximum absolute atomic E-state index is 6.86. The van der Waals surface area contributed by atoms with E-state index in [1.807, 2.05) is 18.9 Å². The fraction of sp³-hybridized carbons (Fsp3) is 0.739. The van der Waals surface area contributed by atoms with Gasteiger partial charge in [-0.2, -0.15) is 5.10 Å². The molecule has 2 saturated carbocycles. The molecule has 0 saturated heterocycles. The van der Waals surface area contributed by atoms with Crippen LogP contribution in [0.3, 0.4) is 0 Å². The summed E-state index contributed by atoms with van der Waals surface area (Å²) in [5.74, 6) is 0. The minimum Gasteiger partial charge on any atom is -0.259 e. The number of hydrazone groups is 1. The van der Waals surface area contributed by atoms with Crippen molar-refractivity contribution in [1.82, 2.24) is 5.01 Å². The van der Waals surface area contributed by atoms with Gasteiger partial charge in [-0.1, -0.05) is 81.4 Å². The molecule has 158 valence electrons. The standard InChI is InChI=1S/C17H24Cl2N2S.C6H12/c1-4-20-21(13(2)22)12-16(3,17(19)9-10-17)11-14-7-5-6-8-15(14)18;1-2-4-6-5-3-1/h4-5,7H,6,8-12H2,1-3H3;1-6H2/b20-4-;. The number of halogens is 2. The molecule has 5 heteroatoms. The summed E-state index contributed by atoms with van der Waals surface area (Å²) >= 11 is 18.6. The van der Waals surface area contributed by atoms with Crippen molar-refractivity contribution in [3.63, 3.8) is 0 Å². The zero-order valence-corrected chi connectivity index (χ0v) is 20.1. The van der Waals surface area contributed by atoms with Crippen LogP contribution < -0.4 is 0 Å². The van der Waals surface area contributed by atoms with E-state index in [9.17, 15) is 0 Å². The van der Waals surface area contributed by atoms with Gasteiger partial charge in [-0.15, -0.1) is 11.6 Å². The molecule has 3 rings (SSSR count). The van der Waals surface area contributed by atoms with Crippen LogP contribution in [0, 0.1) is 5.41 Å². The average Bonchev–Trinajstić information content (AvgIpc) is 3.44. The van der Waals surface area contributed by atoms with E-state index in [4.69, 9.17) is 35.4 Å². The van der Waals surface area contributed by atoms with Crippen LogP contribution in [0.1, 0.15) is 91.4 Å². The van der Waals surface area contributed by atoms with Crippen molar-refractivity contribution in [1.29, 1.82) is 0 Å². The highest BCUT2D eigenvalue weighted by atomic mass is 35.5. The highest BCUT2D eigenvalue weighted by Crippen LogP contribution is 2.58. The molecule has 0 bridgehead atoms. The minimum atomic E-state index is -0.172. The molecule has 0 aromatic heterocycles. The van der Waals surface area contributed by atoms with Gasteiger partial charge in [0.15, 0.2) is 0 Å². The van der Waals surface area contributed by atoms with Crippen LogP contribution in [0.5, 0.6) is 0 Å². The summed E-state index contributed by atoms with van der Waals surface area (Å²) in [5, 5.41) is 7.26. The van der Waals surface area contributed by atoms with Crippen molar-refractivity contribution in [2.45, 2.75) is 96.3 Å². The molecule has 2 nitrogen and oxygen atoms in total. The Labute approximate surface area is 187 Å². The lowest BCUT2D eigenvalue weighted by atomic mass is 9.77. The van der Waals surface area contributed by atoms with Gasteiger partial charge in [0.05, 0.1) is 9.86 Å². The Bertz CT molecular complexity index is 607. The lowest BCUT2D eigenvalue weighted by Crippen LogP contribution is -2.42. The van der Waals surface area contributed by atoms with Crippen LogP contribution in [0.15, 0.2) is 27.9 Å². The second-order valence-electron chi connectivity index (χ2n) is 8.65. The Morgan fingerprint density at radius 3 is 2.25 bits per heavy atom. The summed E-state index contributed by atoms with van der Waals surface area (Å²) < 4.78 is 0. The smallest absolute Gasteiger partial charge is 0.0962 e. The number of rotatable bonds is 6. The van der Waals surface area contributed by atoms with Crippen LogP contribution in [0.2, 0.25) is 0 Å². The maximum Gasteiger partial charge on any atom is 0.0962 e. The molecule has 0 amide bonds. The number of alkyl halides is 1. The average molecular weight is 444 g/mol. The molecular weight excluding hydrogens is 407 g/mol. The normalized spacial score (nSPS) is 23.0. The van der Waals surface area contributed by atoms with Crippen LogP contribution in [-0.4, -0.2) is 27.6 Å². The van der Waals surface area contributed by atoms with Gasteiger partial charge in [0.25, 0.3) is 0 Å². The predicted molar refractivity (Wildman–Crippen MR) is 129 cm³/mol. The SMILES string of the molecule is C/C=N\N(CC(C)(CC1=C(Cl)CCC=C1)C1(Cl)CC1)C(C)=S.C1CCCCC1. The topological polar surface area (TPSA) is 15.6 Å². The Kier molecular flexibility index (Phi) is 9.50. The lowest BCUT2D eigenvalue weighted by molar-refractivity contribution is 0.214. The van der Waals surface area contributed by atoms with Crippen molar-refractivity contribution in [2.24, 2.45) is 10.5 Å². The van der Waals surface area contributed by atoms with Crippen molar-refractivity contribution in [3.05, 3.63) is 22.8 Å². The first-order valence-corrected chi connectivity index (χ1v) is 12.0. The van der Waals surface area contributed by atoms with E-state index in [1.54, 1.807) is 6.21 Å². The highest BCUT2D eigenvalue weighted by Gasteiger charge is 2.56. The molecule has 0 N–H and O–H groups in total. The van der Waals surface area contributed by atoms with Crippen molar-refractivity contribution in [3.8, 4) is 0 Å². The number of thiocarbonyl (C=S) groups is 1. The van der Waals surface area contributed by atoms with E-state index in [0.717, 1.165) is 48.7 Å². The Morgan fingerprint density at radius 1 is 1.25 bits per heavy atom. The third-order valence-corrected chi connectivity index (χ3v) is 7.64. The summed E-state index contributed by atoms with van der Waals surface area (Å²) in [6.45, 7) is 6.77. The Morgan fingerprint density at radius 2 is 1.82 bits per heavy atom. The largest absolute Gasteiger partial charge is 0.259 e. The predicted octanol–water partition coefficient (Wildman–Crippen LogP) is 7.99. The van der Waals surface area contributed by atoms with Crippen LogP contribution in [-0.2, 0) is 0 Å². The first-order valence-electron chi connectivity index (χ1n) is 10.8. The van der Waals surface area contributed by atoms with Gasteiger partial charge >= 0.3 is 0 Å². The van der Waals surface area contributed by atoms with E-state index >= 15 is 0 Å². The minimum absolute atomic E-state index is 0.113. The molecule has 0 radical (unpaired) electrons. The third-order valence-electron chi connectivity index (χ3n) is 6.17. The quantitative estimate of drug-likeness (QED) is 0.179. The van der Waals surface area contributed by atoms with E-state index in [1.165, 1.54) is 44.1 Å². The second-order valence-corrected chi connectivity index (χ2v) is 10.4. The summed E-state index contributed by atoms with van der Waals surface area (Å²) in [4.78, 5) is 0.596. The molecule has 0 aliphatic heterocycles. The van der Waals surface area contributed by atoms with Gasteiger partial charge in [-0.3, -0.25) is 5.01 Å². The molecule has 0 aromatic carbocycles. The zero-order valence-electron chi connectivity index (χ0n) is 17.8. The fourth-order valence-corrected chi connectivity index (χ4v) is 4.67. The number of nitrogens with zero attached hydrogens (tertiary/aromatic N) is 2. The van der Waals surface area contributed by atoms with Crippen molar-refractivity contribution >= 4 is 46.6 Å². The van der Waals surface area contributed by atoms with Gasteiger partial charge < -0.3 is 0 Å². The molecule has 1 unspecified atom stereocenters. The maximum atomic E-state index is 6.86. The number of hydrogen-bond acceptors (Lipinski definition) is 2. The third kappa shape index (κ3) is 6.85. The molecule has 1 atom stereocenters. The molecular formula is C23H36Cl2N2S. The van der Waals surface area contributed by atoms with Gasteiger partial charge in [0, 0.05) is 23.2 Å². The van der Waals surface area contributed by atoms with Crippen molar-refractivity contribution in [2.75, 3.05) is 6.54 Å². The van der Waals surface area contributed by atoms with E-state index in [2.05, 4.69) is 24.2 Å². The summed E-state index contributed by atoms with van der Waals surface area (Å²) in [6.07, 6.45) is 20.0. The van der Waals surface area contributed by atoms with Crippen LogP contribution in [0.25, 0.3) is 0 Å². The zero-order chi connectivity index (χ0) is 20.6. The van der Waals surface area contributed by atoms with E-state index < -0.39 is 0 Å². The van der Waals surface area contributed by atoms with Gasteiger partial charge in [-0.25, -0.2) is 0 Å². The summed E-state index contributed by atoms with van der Waals surface area (Å²) in [6, 6.07) is 0. The first kappa shape index (κ1) is 23.9. The van der Waals surface area contributed by atoms with Crippen LogP contribution in [0.4, 0.5) is 0 Å². The molecule has 3 aliphatic carbocycles. The molecule has 2 fully saturated rings. The number of hydrogen-bond donors (Lipinski definition) is 0. The first-order chi connectivity index (χ1) is 13.3. The van der Waals surface area contributed by atoms with E-state index in [0.29, 0.717) is 0 Å². The van der Waals surface area contributed by atoms with Gasteiger partial charge in [0.1, 0.15) is 0 Å². The number of allylic oxidation sites excluding steroid dienone is 4. The Balaban J connectivity index is 0.000000397. The molecule has 0 spiro atoms. The Hall–Kier alpha value is -0.380. The molecule has 3 aliphatic rings. The van der Waals surface area contributed by atoms with Gasteiger partial charge in [-0.05, 0) is 51.5 Å². The second kappa shape index (κ2) is 11.1. The highest BCUT2D eigenvalue weighted by molar-refractivity contribution is 7.80. The van der Waals surface area contributed by atoms with E-state index in [-0.39, 0.29) is 10.3 Å². The monoisotopic (exact) mass is 442 g/mol. The summed E-state index contributed by atoms with van der Waals surface area (Å²) in [5.41, 5.74) is 1.10. The fourth-order valence-electron chi connectivity index (χ4n) is 4.10. The summed E-state index contributed by atoms with van der Waals surface area (Å²) in [7, 11) is 0.